The van der Waals surface area contributed by atoms with Gasteiger partial charge in [0.25, 0.3) is 0 Å². The van der Waals surface area contributed by atoms with Crippen molar-refractivity contribution < 1.29 is 9.18 Å². The van der Waals surface area contributed by atoms with E-state index in [1.54, 1.807) is 6.07 Å². The van der Waals surface area contributed by atoms with Crippen LogP contribution in [0.4, 0.5) is 4.39 Å². The molecule has 1 aromatic rings. The Morgan fingerprint density at radius 3 is 2.71 bits per heavy atom. The minimum atomic E-state index is -0.310. The Morgan fingerprint density at radius 1 is 1.43 bits per heavy atom. The summed E-state index contributed by atoms with van der Waals surface area (Å²) in [4.78, 5) is 10.6. The molecule has 74 valence electrons. The van der Waals surface area contributed by atoms with Crippen LogP contribution in [0, 0.1) is 0 Å². The highest BCUT2D eigenvalue weighted by Crippen LogP contribution is 2.44. The standard InChI is InChI=1S/C12H13FO/c13-9-12(5-2-6-12)11-4-1-3-10(7-11)8-14/h1,3-4,7-8H,2,5-6,9H2. The van der Waals surface area contributed by atoms with Crippen molar-refractivity contribution in [3.05, 3.63) is 35.4 Å². The number of alkyl halides is 1. The van der Waals surface area contributed by atoms with E-state index in [4.69, 9.17) is 0 Å². The molecule has 1 nitrogen and oxygen atoms in total. The number of hydrogen-bond acceptors (Lipinski definition) is 1. The molecule has 1 saturated carbocycles. The molecule has 2 rings (SSSR count). The lowest BCUT2D eigenvalue weighted by atomic mass is 9.65. The Labute approximate surface area is 82.9 Å². The number of carbonyl (C=O) groups is 1. The zero-order chi connectivity index (χ0) is 10.0. The summed E-state index contributed by atoms with van der Waals surface area (Å²) in [6.45, 7) is -0.310. The average molecular weight is 192 g/mol. The molecule has 2 heteroatoms. The molecule has 1 fully saturated rings. The van der Waals surface area contributed by atoms with Gasteiger partial charge in [0, 0.05) is 11.0 Å². The van der Waals surface area contributed by atoms with E-state index in [-0.39, 0.29) is 12.1 Å². The molecule has 0 heterocycles. The number of halogens is 1. The zero-order valence-electron chi connectivity index (χ0n) is 8.00. The van der Waals surface area contributed by atoms with Crippen LogP contribution in [-0.4, -0.2) is 13.0 Å². The predicted octanol–water partition coefficient (Wildman–Crippen LogP) is 2.89. The molecule has 1 aliphatic rings. The molecule has 0 saturated heterocycles. The van der Waals surface area contributed by atoms with Gasteiger partial charge < -0.3 is 0 Å². The highest BCUT2D eigenvalue weighted by atomic mass is 19.1. The minimum absolute atomic E-state index is 0.279. The van der Waals surface area contributed by atoms with Crippen LogP contribution >= 0.6 is 0 Å². The lowest BCUT2D eigenvalue weighted by Gasteiger charge is -2.40. The summed E-state index contributed by atoms with van der Waals surface area (Å²) in [6, 6.07) is 7.31. The lowest BCUT2D eigenvalue weighted by Crippen LogP contribution is -2.36. The molecule has 14 heavy (non-hydrogen) atoms. The van der Waals surface area contributed by atoms with E-state index in [1.807, 2.05) is 18.2 Å². The van der Waals surface area contributed by atoms with Crippen LogP contribution in [0.3, 0.4) is 0 Å². The Kier molecular flexibility index (Phi) is 2.36. The molecular weight excluding hydrogens is 179 g/mol. The molecule has 0 aromatic heterocycles. The summed E-state index contributed by atoms with van der Waals surface area (Å²) in [5.74, 6) is 0. The van der Waals surface area contributed by atoms with Gasteiger partial charge in [0.2, 0.25) is 0 Å². The summed E-state index contributed by atoms with van der Waals surface area (Å²) in [5, 5.41) is 0. The molecule has 0 unspecified atom stereocenters. The van der Waals surface area contributed by atoms with Gasteiger partial charge >= 0.3 is 0 Å². The zero-order valence-corrected chi connectivity index (χ0v) is 8.00. The van der Waals surface area contributed by atoms with Crippen LogP contribution in [0.15, 0.2) is 24.3 Å². The molecule has 0 aliphatic heterocycles. The smallest absolute Gasteiger partial charge is 0.150 e. The largest absolute Gasteiger partial charge is 0.298 e. The molecular formula is C12H13FO. The van der Waals surface area contributed by atoms with Crippen molar-refractivity contribution in [1.82, 2.24) is 0 Å². The van der Waals surface area contributed by atoms with Crippen molar-refractivity contribution in [1.29, 1.82) is 0 Å². The fraction of sp³-hybridized carbons (Fsp3) is 0.417. The van der Waals surface area contributed by atoms with Gasteiger partial charge in [-0.2, -0.15) is 0 Å². The van der Waals surface area contributed by atoms with Gasteiger partial charge in [-0.1, -0.05) is 24.6 Å². The first-order chi connectivity index (χ1) is 6.80. The third-order valence-electron chi connectivity index (χ3n) is 3.20. The average Bonchev–Trinajstić information content (AvgIpc) is 2.18. The Balaban J connectivity index is 2.34. The highest BCUT2D eigenvalue weighted by molar-refractivity contribution is 5.75. The van der Waals surface area contributed by atoms with E-state index in [9.17, 15) is 9.18 Å². The molecule has 0 amide bonds. The van der Waals surface area contributed by atoms with E-state index < -0.39 is 0 Å². The first kappa shape index (κ1) is 9.38. The quantitative estimate of drug-likeness (QED) is 0.673. The van der Waals surface area contributed by atoms with Crippen LogP contribution in [0.1, 0.15) is 35.2 Å². The molecule has 0 N–H and O–H groups in total. The van der Waals surface area contributed by atoms with Gasteiger partial charge in [-0.25, -0.2) is 0 Å². The van der Waals surface area contributed by atoms with E-state index in [0.29, 0.717) is 5.56 Å². The van der Waals surface area contributed by atoms with Crippen molar-refractivity contribution in [3.8, 4) is 0 Å². The number of rotatable bonds is 3. The van der Waals surface area contributed by atoms with Gasteiger partial charge in [0.15, 0.2) is 0 Å². The summed E-state index contributed by atoms with van der Waals surface area (Å²) in [7, 11) is 0. The fourth-order valence-electron chi connectivity index (χ4n) is 2.04. The van der Waals surface area contributed by atoms with Crippen molar-refractivity contribution in [2.75, 3.05) is 6.67 Å². The molecule has 1 aliphatic carbocycles. The summed E-state index contributed by atoms with van der Waals surface area (Å²) in [6.07, 6.45) is 3.72. The van der Waals surface area contributed by atoms with Gasteiger partial charge in [-0.3, -0.25) is 9.18 Å². The van der Waals surface area contributed by atoms with Gasteiger partial charge in [-0.05, 0) is 24.5 Å². The second-order valence-corrected chi connectivity index (χ2v) is 4.01. The number of aldehydes is 1. The van der Waals surface area contributed by atoms with Crippen LogP contribution in [0.5, 0.6) is 0 Å². The summed E-state index contributed by atoms with van der Waals surface area (Å²) < 4.78 is 12.9. The van der Waals surface area contributed by atoms with Crippen molar-refractivity contribution in [3.63, 3.8) is 0 Å². The SMILES string of the molecule is O=Cc1cccc(C2(CF)CCC2)c1. The van der Waals surface area contributed by atoms with Crippen LogP contribution in [0.25, 0.3) is 0 Å². The maximum Gasteiger partial charge on any atom is 0.150 e. The number of carbonyl (C=O) groups excluding carboxylic acids is 1. The van der Waals surface area contributed by atoms with Crippen LogP contribution < -0.4 is 0 Å². The monoisotopic (exact) mass is 192 g/mol. The van der Waals surface area contributed by atoms with E-state index in [0.717, 1.165) is 31.1 Å². The predicted molar refractivity (Wildman–Crippen MR) is 53.3 cm³/mol. The second kappa shape index (κ2) is 3.52. The number of hydrogen-bond donors (Lipinski definition) is 0. The van der Waals surface area contributed by atoms with Gasteiger partial charge in [0.05, 0.1) is 6.67 Å². The van der Waals surface area contributed by atoms with Crippen molar-refractivity contribution >= 4 is 6.29 Å². The fourth-order valence-corrected chi connectivity index (χ4v) is 2.04. The Hall–Kier alpha value is -1.18. The Bertz CT molecular complexity index is 336. The van der Waals surface area contributed by atoms with Crippen LogP contribution in [-0.2, 0) is 5.41 Å². The molecule has 0 radical (unpaired) electrons. The third kappa shape index (κ3) is 1.35. The topological polar surface area (TPSA) is 17.1 Å². The molecule has 0 spiro atoms. The van der Waals surface area contributed by atoms with E-state index in [2.05, 4.69) is 0 Å². The first-order valence-electron chi connectivity index (χ1n) is 4.92. The maximum absolute atomic E-state index is 12.9. The Morgan fingerprint density at radius 2 is 2.21 bits per heavy atom. The van der Waals surface area contributed by atoms with Gasteiger partial charge in [0.1, 0.15) is 6.29 Å². The van der Waals surface area contributed by atoms with E-state index >= 15 is 0 Å². The summed E-state index contributed by atoms with van der Waals surface area (Å²) in [5.41, 5.74) is 1.34. The summed E-state index contributed by atoms with van der Waals surface area (Å²) >= 11 is 0. The van der Waals surface area contributed by atoms with Crippen molar-refractivity contribution in [2.24, 2.45) is 0 Å². The van der Waals surface area contributed by atoms with E-state index in [1.165, 1.54) is 0 Å². The first-order valence-corrected chi connectivity index (χ1v) is 4.92. The van der Waals surface area contributed by atoms with Crippen molar-refractivity contribution in [2.45, 2.75) is 24.7 Å². The second-order valence-electron chi connectivity index (χ2n) is 4.01. The normalized spacial score (nSPS) is 18.6. The van der Waals surface area contributed by atoms with Gasteiger partial charge in [-0.15, -0.1) is 0 Å². The highest BCUT2D eigenvalue weighted by Gasteiger charge is 2.38. The maximum atomic E-state index is 12.9. The minimum Gasteiger partial charge on any atom is -0.298 e. The molecule has 0 atom stereocenters. The molecule has 1 aromatic carbocycles. The number of benzene rings is 1. The van der Waals surface area contributed by atoms with Crippen LogP contribution in [0.2, 0.25) is 0 Å². The third-order valence-corrected chi connectivity index (χ3v) is 3.20. The molecule has 0 bridgehead atoms. The lowest BCUT2D eigenvalue weighted by molar-refractivity contribution is 0.112.